The first-order chi connectivity index (χ1) is 23.4. The maximum atomic E-state index is 13.5. The second-order valence-corrected chi connectivity index (χ2v) is 15.0. The number of sulfonamides is 2. The van der Waals surface area contributed by atoms with Gasteiger partial charge in [0.15, 0.2) is 0 Å². The Hall–Kier alpha value is -5.40. The molecule has 0 amide bonds. The predicted octanol–water partition coefficient (Wildman–Crippen LogP) is 6.45. The fourth-order valence-electron chi connectivity index (χ4n) is 5.66. The van der Waals surface area contributed by atoms with Crippen LogP contribution in [0.4, 0.5) is 22.7 Å². The van der Waals surface area contributed by atoms with Gasteiger partial charge in [-0.2, -0.15) is 0 Å². The molecule has 0 spiro atoms. The molecule has 250 valence electrons. The zero-order valence-corrected chi connectivity index (χ0v) is 29.0. The Morgan fingerprint density at radius 2 is 0.857 bits per heavy atom. The van der Waals surface area contributed by atoms with Crippen molar-refractivity contribution >= 4 is 72.0 Å². The number of hydrogen-bond acceptors (Lipinski definition) is 8. The fourth-order valence-corrected chi connectivity index (χ4v) is 8.21. The van der Waals surface area contributed by atoms with Crippen LogP contribution >= 0.6 is 0 Å². The van der Waals surface area contributed by atoms with Crippen molar-refractivity contribution in [2.45, 2.75) is 9.79 Å². The lowest BCUT2D eigenvalue weighted by Crippen LogP contribution is -2.15. The van der Waals surface area contributed by atoms with Crippen molar-refractivity contribution in [3.05, 3.63) is 121 Å². The monoisotopic (exact) mass is 694 g/mol. The summed E-state index contributed by atoms with van der Waals surface area (Å²) in [7, 11) is -0.428. The van der Waals surface area contributed by atoms with Crippen molar-refractivity contribution < 1.29 is 26.1 Å². The number of nitrogens with one attached hydrogen (secondary N) is 2. The van der Waals surface area contributed by atoms with Gasteiger partial charge in [0.25, 0.3) is 20.0 Å². The minimum Gasteiger partial charge on any atom is -0.528 e. The molecule has 6 aromatic rings. The molecule has 10 nitrogen and oxygen atoms in total. The van der Waals surface area contributed by atoms with Crippen molar-refractivity contribution in [3.8, 4) is 11.5 Å². The molecule has 0 fully saturated rings. The van der Waals surface area contributed by atoms with E-state index in [4.69, 9.17) is 9.31 Å². The van der Waals surface area contributed by atoms with Gasteiger partial charge in [0.05, 0.1) is 21.2 Å². The average Bonchev–Trinajstić information content (AvgIpc) is 3.07. The van der Waals surface area contributed by atoms with Gasteiger partial charge in [-0.3, -0.25) is 9.44 Å². The van der Waals surface area contributed by atoms with Gasteiger partial charge in [-0.25, -0.2) is 16.8 Å². The molecule has 2 N–H and O–H groups in total. The summed E-state index contributed by atoms with van der Waals surface area (Å²) in [5.41, 5.74) is 2.47. The highest BCUT2D eigenvalue weighted by Gasteiger charge is 2.21. The molecule has 49 heavy (non-hydrogen) atoms. The normalized spacial score (nSPS) is 11.6. The standard InChI is InChI=1S/C36H35BN4O6S2/c1-40(2)33-19-7-17-31-29(33)15-9-21-35(31)48(42,43)38-25-11-5-13-27(23-25)46-37-47-28-14-6-12-26(24-28)39-49(44,45)36-22-10-16-30-32(36)18-8-20-34(30)41(3)4/h5-24,37-39H,1-4H3. The van der Waals surface area contributed by atoms with E-state index in [0.717, 1.165) is 22.1 Å². The van der Waals surface area contributed by atoms with E-state index in [1.807, 2.05) is 74.4 Å². The van der Waals surface area contributed by atoms with Gasteiger partial charge < -0.3 is 19.1 Å². The number of hydrogen-bond donors (Lipinski definition) is 2. The van der Waals surface area contributed by atoms with Gasteiger partial charge in [0.2, 0.25) is 0 Å². The number of benzene rings is 6. The second kappa shape index (κ2) is 13.6. The van der Waals surface area contributed by atoms with Crippen LogP contribution in [0.3, 0.4) is 0 Å². The summed E-state index contributed by atoms with van der Waals surface area (Å²) in [4.78, 5) is 4.21. The number of fused-ring (bicyclic) bond motifs is 2. The topological polar surface area (TPSA) is 117 Å². The molecule has 0 aromatic heterocycles. The van der Waals surface area contributed by atoms with Gasteiger partial charge in [-0.1, -0.05) is 60.7 Å². The zero-order chi connectivity index (χ0) is 34.8. The lowest BCUT2D eigenvalue weighted by Gasteiger charge is -2.17. The smallest absolute Gasteiger partial charge is 0.528 e. The van der Waals surface area contributed by atoms with Crippen LogP contribution in [-0.4, -0.2) is 52.7 Å². The summed E-state index contributed by atoms with van der Waals surface area (Å²) < 4.78 is 70.8. The third-order valence-corrected chi connectivity index (χ3v) is 10.8. The van der Waals surface area contributed by atoms with Crippen LogP contribution in [0.1, 0.15) is 0 Å². The van der Waals surface area contributed by atoms with Gasteiger partial charge >= 0.3 is 7.69 Å². The number of nitrogens with zero attached hydrogens (tertiary/aromatic N) is 2. The predicted molar refractivity (Wildman–Crippen MR) is 199 cm³/mol. The molecule has 0 saturated carbocycles. The van der Waals surface area contributed by atoms with E-state index in [1.165, 1.54) is 0 Å². The third-order valence-electron chi connectivity index (χ3n) is 7.88. The van der Waals surface area contributed by atoms with E-state index < -0.39 is 20.0 Å². The van der Waals surface area contributed by atoms with Crippen LogP contribution in [0.25, 0.3) is 21.5 Å². The minimum atomic E-state index is -3.93. The molecular weight excluding hydrogens is 659 g/mol. The van der Waals surface area contributed by atoms with E-state index in [9.17, 15) is 16.8 Å². The molecule has 0 unspecified atom stereocenters. The molecule has 0 atom stereocenters. The molecule has 0 radical (unpaired) electrons. The van der Waals surface area contributed by atoms with Crippen molar-refractivity contribution in [1.29, 1.82) is 0 Å². The van der Waals surface area contributed by atoms with Gasteiger partial charge in [-0.15, -0.1) is 0 Å². The number of rotatable bonds is 12. The summed E-state index contributed by atoms with van der Waals surface area (Å²) in [5.74, 6) is 0.746. The van der Waals surface area contributed by atoms with Gasteiger partial charge in [0, 0.05) is 73.2 Å². The van der Waals surface area contributed by atoms with Crippen molar-refractivity contribution in [2.75, 3.05) is 47.4 Å². The Balaban J connectivity index is 1.13. The maximum Gasteiger partial charge on any atom is 0.576 e. The summed E-state index contributed by atoms with van der Waals surface area (Å²) in [6.07, 6.45) is 0. The van der Waals surface area contributed by atoms with E-state index in [0.29, 0.717) is 33.6 Å². The third kappa shape index (κ3) is 7.22. The lowest BCUT2D eigenvalue weighted by molar-refractivity contribution is 0.459. The van der Waals surface area contributed by atoms with Gasteiger partial charge in [-0.05, 0) is 48.5 Å². The van der Waals surface area contributed by atoms with E-state index in [-0.39, 0.29) is 17.5 Å². The molecule has 0 aliphatic rings. The molecule has 0 heterocycles. The van der Waals surface area contributed by atoms with Crippen LogP contribution in [0.15, 0.2) is 131 Å². The Labute approximate surface area is 287 Å². The van der Waals surface area contributed by atoms with Crippen molar-refractivity contribution in [1.82, 2.24) is 0 Å². The first-order valence-corrected chi connectivity index (χ1v) is 18.3. The minimum absolute atomic E-state index is 0.164. The van der Waals surface area contributed by atoms with Crippen LogP contribution in [0, 0.1) is 0 Å². The van der Waals surface area contributed by atoms with Gasteiger partial charge in [0.1, 0.15) is 11.5 Å². The summed E-state index contributed by atoms with van der Waals surface area (Å²) >= 11 is 0. The quantitative estimate of drug-likeness (QED) is 0.141. The molecule has 13 heteroatoms. The molecular formula is C36H35BN4O6S2. The van der Waals surface area contributed by atoms with E-state index in [2.05, 4.69) is 9.44 Å². The maximum absolute atomic E-state index is 13.5. The van der Waals surface area contributed by atoms with Crippen LogP contribution < -0.4 is 28.6 Å². The SMILES string of the molecule is CN(C)c1cccc2c(S(=O)(=O)Nc3cccc(OBOc4cccc(NS(=O)(=O)c5cccc6c(N(C)C)cccc56)c4)c3)cccc12. The Bertz CT molecular complexity index is 2220. The fraction of sp³-hybridized carbons (Fsp3) is 0.111. The van der Waals surface area contributed by atoms with Crippen LogP contribution in [0.5, 0.6) is 11.5 Å². The highest BCUT2D eigenvalue weighted by atomic mass is 32.2. The lowest BCUT2D eigenvalue weighted by atomic mass is 10.1. The van der Waals surface area contributed by atoms with Crippen LogP contribution in [0.2, 0.25) is 0 Å². The molecule has 0 saturated heterocycles. The first kappa shape index (κ1) is 33.5. The Morgan fingerprint density at radius 3 is 1.27 bits per heavy atom. The Morgan fingerprint density at radius 1 is 0.490 bits per heavy atom. The first-order valence-electron chi connectivity index (χ1n) is 15.3. The molecule has 6 rings (SSSR count). The summed E-state index contributed by atoms with van der Waals surface area (Å²) in [5, 5.41) is 2.88. The molecule has 6 aromatic carbocycles. The summed E-state index contributed by atoms with van der Waals surface area (Å²) in [6, 6.07) is 34.6. The summed E-state index contributed by atoms with van der Waals surface area (Å²) in [6.45, 7) is 0. The highest BCUT2D eigenvalue weighted by Crippen LogP contribution is 2.33. The van der Waals surface area contributed by atoms with E-state index >= 15 is 0 Å². The van der Waals surface area contributed by atoms with E-state index in [1.54, 1.807) is 84.9 Å². The van der Waals surface area contributed by atoms with Crippen molar-refractivity contribution in [2.24, 2.45) is 0 Å². The second-order valence-electron chi connectivity index (χ2n) is 11.7. The van der Waals surface area contributed by atoms with Crippen LogP contribution in [-0.2, 0) is 20.0 Å². The van der Waals surface area contributed by atoms with Crippen molar-refractivity contribution in [3.63, 3.8) is 0 Å². The number of anilines is 4. The Kier molecular flexibility index (Phi) is 9.31. The largest absolute Gasteiger partial charge is 0.576 e. The molecule has 0 aliphatic heterocycles. The molecule has 0 aliphatic carbocycles. The molecule has 0 bridgehead atoms. The average molecular weight is 695 g/mol. The zero-order valence-electron chi connectivity index (χ0n) is 27.4. The highest BCUT2D eigenvalue weighted by molar-refractivity contribution is 7.93.